The minimum absolute atomic E-state index is 0.0629. The summed E-state index contributed by atoms with van der Waals surface area (Å²) in [7, 11) is 3.06. The third kappa shape index (κ3) is 2.39. The summed E-state index contributed by atoms with van der Waals surface area (Å²) >= 11 is 3.39. The van der Waals surface area contributed by atoms with Crippen LogP contribution in [0.2, 0.25) is 0 Å². The highest BCUT2D eigenvalue weighted by atomic mass is 79.9. The molecule has 0 aliphatic heterocycles. The Morgan fingerprint density at radius 2 is 1.89 bits per heavy atom. The van der Waals surface area contributed by atoms with Crippen molar-refractivity contribution in [3.8, 4) is 22.8 Å². The number of nitrogens with one attached hydrogen (secondary N) is 1. The van der Waals surface area contributed by atoms with Gasteiger partial charge in [0, 0.05) is 10.0 Å². The van der Waals surface area contributed by atoms with Gasteiger partial charge < -0.3 is 15.2 Å². The fourth-order valence-electron chi connectivity index (χ4n) is 1.63. The molecule has 100 valence electrons. The number of methoxy groups -OCH3 is 2. The molecule has 1 aromatic carbocycles. The van der Waals surface area contributed by atoms with E-state index in [9.17, 15) is 4.79 Å². The maximum absolute atomic E-state index is 11.3. The first-order valence-corrected chi connectivity index (χ1v) is 6.00. The monoisotopic (exact) mass is 326 g/mol. The molecule has 0 saturated heterocycles. The molecule has 3 N–H and O–H groups in total. The molecular weight excluding hydrogens is 316 g/mol. The second kappa shape index (κ2) is 5.27. The molecule has 0 aliphatic rings. The molecule has 0 spiro atoms. The molecule has 1 aromatic heterocycles. The average Bonchev–Trinajstić information content (AvgIpc) is 2.87. The molecule has 1 amide bonds. The number of hydrogen-bond donors (Lipinski definition) is 2. The average molecular weight is 327 g/mol. The molecule has 19 heavy (non-hydrogen) atoms. The fourth-order valence-corrected chi connectivity index (χ4v) is 2.14. The Morgan fingerprint density at radius 3 is 2.47 bits per heavy atom. The van der Waals surface area contributed by atoms with E-state index in [2.05, 4.69) is 31.3 Å². The van der Waals surface area contributed by atoms with Gasteiger partial charge in [0.05, 0.1) is 14.2 Å². The lowest BCUT2D eigenvalue weighted by molar-refractivity contribution is 0.0996. The van der Waals surface area contributed by atoms with Gasteiger partial charge in [0.25, 0.3) is 5.91 Å². The largest absolute Gasteiger partial charge is 0.493 e. The summed E-state index contributed by atoms with van der Waals surface area (Å²) in [6.07, 6.45) is 0. The van der Waals surface area contributed by atoms with E-state index in [1.807, 2.05) is 0 Å². The summed E-state index contributed by atoms with van der Waals surface area (Å²) in [5, 5.41) is 10.0. The molecule has 0 unspecified atom stereocenters. The Hall–Kier alpha value is -2.09. The number of carbonyl (C=O) groups is 1. The van der Waals surface area contributed by atoms with Gasteiger partial charge in [-0.2, -0.15) is 15.4 Å². The van der Waals surface area contributed by atoms with Gasteiger partial charge in [0.2, 0.25) is 0 Å². The topological polar surface area (TPSA) is 103 Å². The zero-order chi connectivity index (χ0) is 14.0. The number of hydrogen-bond acceptors (Lipinski definition) is 5. The Bertz CT molecular complexity index is 626. The third-order valence-electron chi connectivity index (χ3n) is 2.51. The molecule has 0 aliphatic carbocycles. The lowest BCUT2D eigenvalue weighted by Crippen LogP contribution is -2.12. The standard InChI is InChI=1S/C11H11BrN4O3/c1-18-7-3-5(6(12)4-8(7)19-2)9-10(11(13)17)15-16-14-9/h3-4H,1-2H3,(H2,13,17)(H,14,15,16). The van der Waals surface area contributed by atoms with E-state index in [0.29, 0.717) is 27.2 Å². The van der Waals surface area contributed by atoms with Crippen LogP contribution in [0.5, 0.6) is 11.5 Å². The number of halogens is 1. The predicted molar refractivity (Wildman–Crippen MR) is 71.1 cm³/mol. The van der Waals surface area contributed by atoms with E-state index in [4.69, 9.17) is 15.2 Å². The van der Waals surface area contributed by atoms with Crippen LogP contribution < -0.4 is 15.2 Å². The van der Waals surface area contributed by atoms with Crippen molar-refractivity contribution in [1.29, 1.82) is 0 Å². The number of carbonyl (C=O) groups excluding carboxylic acids is 1. The number of amides is 1. The lowest BCUT2D eigenvalue weighted by Gasteiger charge is -2.10. The first-order chi connectivity index (χ1) is 9.08. The minimum atomic E-state index is -0.662. The maximum atomic E-state index is 11.3. The summed E-state index contributed by atoms with van der Waals surface area (Å²) in [4.78, 5) is 11.3. The van der Waals surface area contributed by atoms with Gasteiger partial charge in [-0.25, -0.2) is 0 Å². The molecular formula is C11H11BrN4O3. The first-order valence-electron chi connectivity index (χ1n) is 5.21. The highest BCUT2D eigenvalue weighted by molar-refractivity contribution is 9.10. The zero-order valence-corrected chi connectivity index (χ0v) is 11.8. The van der Waals surface area contributed by atoms with Crippen molar-refractivity contribution in [1.82, 2.24) is 15.4 Å². The van der Waals surface area contributed by atoms with Gasteiger partial charge >= 0.3 is 0 Å². The quantitative estimate of drug-likeness (QED) is 0.882. The number of H-pyrrole nitrogens is 1. The number of ether oxygens (including phenoxy) is 2. The molecule has 0 saturated carbocycles. The van der Waals surface area contributed by atoms with Gasteiger partial charge in [-0.15, -0.1) is 0 Å². The van der Waals surface area contributed by atoms with Crippen molar-refractivity contribution in [2.75, 3.05) is 14.2 Å². The van der Waals surface area contributed by atoms with Gasteiger partial charge in [-0.05, 0) is 28.1 Å². The lowest BCUT2D eigenvalue weighted by atomic mass is 10.1. The molecule has 0 fully saturated rings. The number of rotatable bonds is 4. The molecule has 7 nitrogen and oxygen atoms in total. The van der Waals surface area contributed by atoms with E-state index < -0.39 is 5.91 Å². The van der Waals surface area contributed by atoms with Crippen molar-refractivity contribution in [3.05, 3.63) is 22.3 Å². The first kappa shape index (κ1) is 13.3. The fraction of sp³-hybridized carbons (Fsp3) is 0.182. The van der Waals surface area contributed by atoms with Crippen LogP contribution in [0.1, 0.15) is 10.5 Å². The van der Waals surface area contributed by atoms with Gasteiger partial charge in [-0.1, -0.05) is 0 Å². The number of primary amides is 1. The summed E-state index contributed by atoms with van der Waals surface area (Å²) in [5.74, 6) is 0.409. The maximum Gasteiger partial charge on any atom is 0.271 e. The van der Waals surface area contributed by atoms with Crippen LogP contribution >= 0.6 is 15.9 Å². The van der Waals surface area contributed by atoms with E-state index in [1.54, 1.807) is 12.1 Å². The normalized spacial score (nSPS) is 10.3. The highest BCUT2D eigenvalue weighted by Gasteiger charge is 2.19. The summed E-state index contributed by atoms with van der Waals surface area (Å²) in [6, 6.07) is 3.40. The Kier molecular flexibility index (Phi) is 3.70. The Labute approximate surface area is 117 Å². The molecule has 1 heterocycles. The number of benzene rings is 1. The van der Waals surface area contributed by atoms with Crippen molar-refractivity contribution in [2.45, 2.75) is 0 Å². The number of nitrogens with zero attached hydrogens (tertiary/aromatic N) is 2. The van der Waals surface area contributed by atoms with E-state index in [0.717, 1.165) is 0 Å². The van der Waals surface area contributed by atoms with E-state index in [-0.39, 0.29) is 5.69 Å². The van der Waals surface area contributed by atoms with E-state index in [1.165, 1.54) is 14.2 Å². The molecule has 0 bridgehead atoms. The van der Waals surface area contributed by atoms with Crippen LogP contribution in [-0.2, 0) is 0 Å². The Morgan fingerprint density at radius 1 is 1.26 bits per heavy atom. The summed E-state index contributed by atoms with van der Waals surface area (Å²) in [5.41, 5.74) is 6.28. The van der Waals surface area contributed by atoms with Crippen LogP contribution in [-0.4, -0.2) is 35.5 Å². The van der Waals surface area contributed by atoms with Crippen molar-refractivity contribution in [2.24, 2.45) is 5.73 Å². The number of aromatic nitrogens is 3. The van der Waals surface area contributed by atoms with Gasteiger partial charge in [0.1, 0.15) is 5.69 Å². The zero-order valence-electron chi connectivity index (χ0n) is 10.2. The van der Waals surface area contributed by atoms with Crippen LogP contribution in [0.15, 0.2) is 16.6 Å². The second-order valence-electron chi connectivity index (χ2n) is 3.57. The van der Waals surface area contributed by atoms with Crippen molar-refractivity contribution in [3.63, 3.8) is 0 Å². The predicted octanol–water partition coefficient (Wildman–Crippen LogP) is 1.35. The summed E-state index contributed by atoms with van der Waals surface area (Å²) < 4.78 is 11.1. The molecule has 2 rings (SSSR count). The van der Waals surface area contributed by atoms with Crippen LogP contribution in [0.25, 0.3) is 11.3 Å². The van der Waals surface area contributed by atoms with Crippen LogP contribution in [0.4, 0.5) is 0 Å². The van der Waals surface area contributed by atoms with Crippen molar-refractivity contribution < 1.29 is 14.3 Å². The highest BCUT2D eigenvalue weighted by Crippen LogP contribution is 2.38. The van der Waals surface area contributed by atoms with Gasteiger partial charge in [-0.3, -0.25) is 4.79 Å². The molecule has 0 atom stereocenters. The third-order valence-corrected chi connectivity index (χ3v) is 3.17. The number of aromatic amines is 1. The van der Waals surface area contributed by atoms with Gasteiger partial charge in [0.15, 0.2) is 17.2 Å². The second-order valence-corrected chi connectivity index (χ2v) is 4.43. The molecule has 8 heteroatoms. The summed E-state index contributed by atoms with van der Waals surface area (Å²) in [6.45, 7) is 0. The minimum Gasteiger partial charge on any atom is -0.493 e. The molecule has 2 aromatic rings. The molecule has 0 radical (unpaired) electrons. The van der Waals surface area contributed by atoms with Crippen LogP contribution in [0.3, 0.4) is 0 Å². The van der Waals surface area contributed by atoms with Crippen molar-refractivity contribution >= 4 is 21.8 Å². The smallest absolute Gasteiger partial charge is 0.271 e. The SMILES string of the molecule is COc1cc(Br)c(-c2n[nH]nc2C(N)=O)cc1OC. The Balaban J connectivity index is 2.62. The number of nitrogens with two attached hydrogens (primary N) is 1. The van der Waals surface area contributed by atoms with E-state index >= 15 is 0 Å². The van der Waals surface area contributed by atoms with Crippen LogP contribution in [0, 0.1) is 0 Å².